The number of hydrogen-bond donors (Lipinski definition) is 0. The van der Waals surface area contributed by atoms with Crippen molar-refractivity contribution in [1.82, 2.24) is 0 Å². The zero-order valence-electron chi connectivity index (χ0n) is 43.0. The molecule has 0 unspecified atom stereocenters. The topological polar surface area (TPSA) is 167 Å². The van der Waals surface area contributed by atoms with E-state index in [2.05, 4.69) is 48.5 Å². The highest BCUT2D eigenvalue weighted by molar-refractivity contribution is 5.95. The van der Waals surface area contributed by atoms with Gasteiger partial charge >= 0.3 is 29.8 Å². The van der Waals surface area contributed by atoms with Crippen LogP contribution in [-0.4, -0.2) is 79.0 Å². The lowest BCUT2D eigenvalue weighted by Gasteiger charge is -2.70. The number of allylic oxidation sites excluding steroid dienone is 2. The third-order valence-corrected chi connectivity index (χ3v) is 18.7. The van der Waals surface area contributed by atoms with E-state index in [1.807, 2.05) is 66.7 Å². The molecule has 0 aromatic heterocycles. The summed E-state index contributed by atoms with van der Waals surface area (Å²) in [5, 5.41) is 0. The standard InChI is InChI=1S/C57H74O13/c1-33(58)64-32-42-46(65-34(2)59)47(66-35(3)60)48(67-36(4)61)50(68-42)69-44-23-24-55(9)43(52(44,5)6)22-25-57(11)49(55)41(62)30-39-40-31-54(8,27-26-53(40,7)28-29-56(39,57)10)51(63)70-45(37-18-14-12-15-19-37)38-20-16-13-17-21-38/h12-21,30,40,42-50H,22-29,31-32H2,1-11H3/t40-,42+,43-,44-,46-,47-,48+,49+,50-,53+,54-,55-,56+,57+/m0/s1. The molecule has 1 heterocycles. The summed E-state index contributed by atoms with van der Waals surface area (Å²) in [6.45, 7) is 20.3. The summed E-state index contributed by atoms with van der Waals surface area (Å²) in [6.07, 6.45) is 1.57. The molecular formula is C57H74O13. The van der Waals surface area contributed by atoms with Crippen molar-refractivity contribution in [3.63, 3.8) is 0 Å². The van der Waals surface area contributed by atoms with Crippen molar-refractivity contribution in [2.45, 2.75) is 177 Å². The van der Waals surface area contributed by atoms with E-state index in [0.717, 1.165) is 43.2 Å². The fourth-order valence-electron chi connectivity index (χ4n) is 14.9. The lowest BCUT2D eigenvalue weighted by molar-refractivity contribution is -0.332. The number of ketones is 1. The summed E-state index contributed by atoms with van der Waals surface area (Å²) in [4.78, 5) is 79.7. The average molecular weight is 967 g/mol. The second kappa shape index (κ2) is 18.9. The smallest absolute Gasteiger partial charge is 0.312 e. The largest absolute Gasteiger partial charge is 0.463 e. The minimum atomic E-state index is -1.34. The predicted octanol–water partition coefficient (Wildman–Crippen LogP) is 9.77. The minimum Gasteiger partial charge on any atom is -0.463 e. The molecule has 13 nitrogen and oxygen atoms in total. The molecule has 2 aromatic rings. The van der Waals surface area contributed by atoms with Gasteiger partial charge in [-0.05, 0) is 121 Å². The number of hydrogen-bond acceptors (Lipinski definition) is 13. The van der Waals surface area contributed by atoms with Crippen molar-refractivity contribution in [3.8, 4) is 0 Å². The van der Waals surface area contributed by atoms with Crippen LogP contribution >= 0.6 is 0 Å². The van der Waals surface area contributed by atoms with Gasteiger partial charge in [0.1, 0.15) is 12.7 Å². The van der Waals surface area contributed by atoms with Gasteiger partial charge in [-0.1, -0.05) is 108 Å². The van der Waals surface area contributed by atoms with Crippen molar-refractivity contribution in [2.75, 3.05) is 6.61 Å². The number of fused-ring (bicyclic) bond motifs is 7. The first-order valence-electron chi connectivity index (χ1n) is 25.4. The van der Waals surface area contributed by atoms with E-state index < -0.39 is 83.0 Å². The van der Waals surface area contributed by atoms with Gasteiger partial charge in [0, 0.05) is 33.6 Å². The molecule has 70 heavy (non-hydrogen) atoms. The Morgan fingerprint density at radius 3 is 1.83 bits per heavy atom. The Labute approximate surface area is 413 Å². The van der Waals surface area contributed by atoms with Gasteiger partial charge in [0.05, 0.1) is 11.5 Å². The SMILES string of the molecule is CC(=O)OC[C@H]1O[C@@H](O[C@H]2CC[C@]3(C)[C@H]4C(=O)C=C5[C@@H]6C[C@@](C)(C(=O)OC(c7ccccc7)c7ccccc7)CC[C@]6(C)CC[C@@]5(C)[C@]4(C)CC[C@H]3C2(C)C)[C@H](OC(C)=O)[C@@H](OC(C)=O)[C@H]1OC(C)=O. The Bertz CT molecular complexity index is 2340. The number of ether oxygens (including phenoxy) is 7. The van der Waals surface area contributed by atoms with Crippen molar-refractivity contribution < 1.29 is 61.9 Å². The summed E-state index contributed by atoms with van der Waals surface area (Å²) in [6, 6.07) is 19.8. The molecule has 0 spiro atoms. The molecule has 13 heteroatoms. The zero-order valence-corrected chi connectivity index (χ0v) is 43.0. The van der Waals surface area contributed by atoms with Gasteiger partial charge in [-0.15, -0.1) is 0 Å². The lowest BCUT2D eigenvalue weighted by Crippen LogP contribution is -2.67. The van der Waals surface area contributed by atoms with Gasteiger partial charge in [-0.2, -0.15) is 0 Å². The van der Waals surface area contributed by atoms with Gasteiger partial charge in [-0.25, -0.2) is 0 Å². The van der Waals surface area contributed by atoms with E-state index in [1.165, 1.54) is 33.3 Å². The van der Waals surface area contributed by atoms with Crippen LogP contribution in [0.3, 0.4) is 0 Å². The Morgan fingerprint density at radius 1 is 0.671 bits per heavy atom. The van der Waals surface area contributed by atoms with E-state index in [0.29, 0.717) is 25.7 Å². The van der Waals surface area contributed by atoms with E-state index in [1.54, 1.807) is 0 Å². The Kier molecular flexibility index (Phi) is 13.9. The van der Waals surface area contributed by atoms with Crippen LogP contribution in [0.25, 0.3) is 0 Å². The maximum Gasteiger partial charge on any atom is 0.312 e. The highest BCUT2D eigenvalue weighted by atomic mass is 16.7. The maximum absolute atomic E-state index is 15.4. The highest BCUT2D eigenvalue weighted by Crippen LogP contribution is 2.75. The molecule has 0 N–H and O–H groups in total. The molecule has 1 saturated heterocycles. The molecule has 2 aromatic carbocycles. The predicted molar refractivity (Wildman–Crippen MR) is 257 cm³/mol. The number of benzene rings is 2. The van der Waals surface area contributed by atoms with E-state index in [4.69, 9.17) is 33.2 Å². The van der Waals surface area contributed by atoms with Crippen LogP contribution in [0.15, 0.2) is 72.3 Å². The van der Waals surface area contributed by atoms with Crippen LogP contribution in [0.4, 0.5) is 0 Å². The molecule has 0 amide bonds. The molecule has 5 fully saturated rings. The second-order valence-corrected chi connectivity index (χ2v) is 23.4. The summed E-state index contributed by atoms with van der Waals surface area (Å²) in [5.74, 6) is -3.00. The van der Waals surface area contributed by atoms with Crippen molar-refractivity contribution in [2.24, 2.45) is 50.2 Å². The molecule has 0 bridgehead atoms. The minimum absolute atomic E-state index is 0.0220. The summed E-state index contributed by atoms with van der Waals surface area (Å²) < 4.78 is 42.4. The number of carbonyl (C=O) groups is 6. The van der Waals surface area contributed by atoms with Crippen molar-refractivity contribution >= 4 is 35.6 Å². The van der Waals surface area contributed by atoms with Crippen molar-refractivity contribution in [3.05, 3.63) is 83.4 Å². The second-order valence-electron chi connectivity index (χ2n) is 23.4. The maximum atomic E-state index is 15.4. The molecule has 0 radical (unpaired) electrons. The molecule has 14 atom stereocenters. The quantitative estimate of drug-likeness (QED) is 0.119. The first-order valence-corrected chi connectivity index (χ1v) is 25.4. The lowest BCUT2D eigenvalue weighted by atomic mass is 9.33. The summed E-state index contributed by atoms with van der Waals surface area (Å²) in [7, 11) is 0. The van der Waals surface area contributed by atoms with Gasteiger partial charge in [0.25, 0.3) is 0 Å². The molecule has 380 valence electrons. The molecule has 5 aliphatic carbocycles. The van der Waals surface area contributed by atoms with Gasteiger partial charge < -0.3 is 33.2 Å². The number of carbonyl (C=O) groups excluding carboxylic acids is 6. The molecule has 1 aliphatic heterocycles. The third kappa shape index (κ3) is 9.04. The highest BCUT2D eigenvalue weighted by Gasteiger charge is 2.71. The monoisotopic (exact) mass is 967 g/mol. The molecular weight excluding hydrogens is 893 g/mol. The van der Waals surface area contributed by atoms with Crippen LogP contribution in [0.2, 0.25) is 0 Å². The number of esters is 5. The average Bonchev–Trinajstić information content (AvgIpc) is 3.29. The van der Waals surface area contributed by atoms with Crippen LogP contribution in [0, 0.1) is 50.2 Å². The van der Waals surface area contributed by atoms with E-state index in [9.17, 15) is 24.0 Å². The van der Waals surface area contributed by atoms with Gasteiger partial charge in [-0.3, -0.25) is 28.8 Å². The Morgan fingerprint density at radius 2 is 1.24 bits per heavy atom. The third-order valence-electron chi connectivity index (χ3n) is 18.7. The zero-order chi connectivity index (χ0) is 50.8. The molecule has 6 aliphatic rings. The van der Waals surface area contributed by atoms with Gasteiger partial charge in [0.15, 0.2) is 36.5 Å². The normalized spacial score (nSPS) is 38.5. The Hall–Kier alpha value is -4.88. The van der Waals surface area contributed by atoms with Crippen LogP contribution in [0.5, 0.6) is 0 Å². The molecule has 4 saturated carbocycles. The van der Waals surface area contributed by atoms with Crippen molar-refractivity contribution in [1.29, 1.82) is 0 Å². The Balaban J connectivity index is 1.07. The fourth-order valence-corrected chi connectivity index (χ4v) is 14.9. The number of rotatable bonds is 11. The fraction of sp³-hybridized carbons (Fsp3) is 0.649. The van der Waals surface area contributed by atoms with Crippen LogP contribution in [0.1, 0.15) is 151 Å². The summed E-state index contributed by atoms with van der Waals surface area (Å²) >= 11 is 0. The van der Waals surface area contributed by atoms with Gasteiger partial charge in [0.2, 0.25) is 0 Å². The van der Waals surface area contributed by atoms with Crippen LogP contribution < -0.4 is 0 Å². The molecule has 8 rings (SSSR count). The van der Waals surface area contributed by atoms with E-state index in [-0.39, 0.29) is 52.4 Å². The van der Waals surface area contributed by atoms with Crippen LogP contribution in [-0.2, 0) is 61.9 Å². The first kappa shape index (κ1) is 51.5. The first-order chi connectivity index (χ1) is 32.9. The van der Waals surface area contributed by atoms with E-state index >= 15 is 4.79 Å². The summed E-state index contributed by atoms with van der Waals surface area (Å²) in [5.41, 5.74) is 0.581.